The van der Waals surface area contributed by atoms with Gasteiger partial charge in [-0.05, 0) is 29.2 Å². The van der Waals surface area contributed by atoms with Crippen LogP contribution in [-0.2, 0) is 0 Å². The van der Waals surface area contributed by atoms with E-state index in [0.29, 0.717) is 11.8 Å². The van der Waals surface area contributed by atoms with Gasteiger partial charge in [-0.15, -0.1) is 0 Å². The summed E-state index contributed by atoms with van der Waals surface area (Å²) >= 11 is 5.97. The Kier molecular flexibility index (Phi) is 2.17. The van der Waals surface area contributed by atoms with E-state index in [1.165, 1.54) is 11.1 Å². The average molecular weight is 193 g/mol. The van der Waals surface area contributed by atoms with Crippen LogP contribution in [-0.4, -0.2) is 0 Å². The van der Waals surface area contributed by atoms with Crippen LogP contribution < -0.4 is 0 Å². The summed E-state index contributed by atoms with van der Waals surface area (Å²) in [4.78, 5) is 0. The second kappa shape index (κ2) is 3.19. The molecule has 0 bridgehead atoms. The average Bonchev–Trinajstić information content (AvgIpc) is 2.46. The molecule has 0 nitrogen and oxygen atoms in total. The van der Waals surface area contributed by atoms with Crippen molar-refractivity contribution < 1.29 is 0 Å². The molecule has 1 aromatic carbocycles. The quantitative estimate of drug-likeness (QED) is 0.629. The van der Waals surface area contributed by atoms with Gasteiger partial charge in [0.1, 0.15) is 0 Å². The van der Waals surface area contributed by atoms with Gasteiger partial charge in [-0.2, -0.15) is 0 Å². The largest absolute Gasteiger partial charge is 0.0843 e. The monoisotopic (exact) mass is 192 g/mol. The van der Waals surface area contributed by atoms with Gasteiger partial charge in [-0.1, -0.05) is 43.7 Å². The summed E-state index contributed by atoms with van der Waals surface area (Å²) < 4.78 is 0. The number of hydrogen-bond acceptors (Lipinski definition) is 0. The van der Waals surface area contributed by atoms with Crippen molar-refractivity contribution >= 4 is 17.7 Å². The molecule has 1 aliphatic carbocycles. The lowest BCUT2D eigenvalue weighted by atomic mass is 9.90. The van der Waals surface area contributed by atoms with E-state index in [1.54, 1.807) is 0 Å². The lowest BCUT2D eigenvalue weighted by molar-refractivity contribution is 0.584. The third-order valence-corrected chi connectivity index (χ3v) is 2.84. The molecule has 0 N–H and O–H groups in total. The maximum atomic E-state index is 5.97. The maximum Gasteiger partial charge on any atom is 0.0409 e. The predicted octanol–water partition coefficient (Wildman–Crippen LogP) is 4.11. The van der Waals surface area contributed by atoms with Gasteiger partial charge in [-0.25, -0.2) is 0 Å². The molecule has 68 valence electrons. The van der Waals surface area contributed by atoms with Crippen molar-refractivity contribution in [1.29, 1.82) is 0 Å². The first-order valence-electron chi connectivity index (χ1n) is 4.66. The molecule has 0 spiro atoms. The lowest BCUT2D eigenvalue weighted by Gasteiger charge is -2.14. The van der Waals surface area contributed by atoms with E-state index in [0.717, 1.165) is 5.02 Å². The molecular weight excluding hydrogens is 180 g/mol. The van der Waals surface area contributed by atoms with E-state index < -0.39 is 0 Å². The predicted molar refractivity (Wildman–Crippen MR) is 58.1 cm³/mol. The van der Waals surface area contributed by atoms with Gasteiger partial charge < -0.3 is 0 Å². The molecule has 0 heterocycles. The smallest absolute Gasteiger partial charge is 0.0409 e. The van der Waals surface area contributed by atoms with E-state index in [4.69, 9.17) is 11.6 Å². The van der Waals surface area contributed by atoms with Crippen molar-refractivity contribution in [1.82, 2.24) is 0 Å². The molecule has 0 aromatic heterocycles. The first-order valence-corrected chi connectivity index (χ1v) is 5.04. The van der Waals surface area contributed by atoms with Crippen molar-refractivity contribution in [2.24, 2.45) is 5.92 Å². The van der Waals surface area contributed by atoms with E-state index >= 15 is 0 Å². The molecule has 0 saturated carbocycles. The minimum absolute atomic E-state index is 0.550. The molecule has 0 fully saturated rings. The van der Waals surface area contributed by atoms with Gasteiger partial charge in [0.05, 0.1) is 0 Å². The fourth-order valence-electron chi connectivity index (χ4n) is 1.88. The summed E-state index contributed by atoms with van der Waals surface area (Å²) in [6.07, 6.45) is 4.46. The fourth-order valence-corrected chi connectivity index (χ4v) is 2.06. The Morgan fingerprint density at radius 2 is 2.08 bits per heavy atom. The minimum Gasteiger partial charge on any atom is -0.0843 e. The number of halogens is 1. The highest BCUT2D eigenvalue weighted by atomic mass is 35.5. The molecule has 1 unspecified atom stereocenters. The molecule has 1 heteroatoms. The van der Waals surface area contributed by atoms with Crippen molar-refractivity contribution in [2.45, 2.75) is 19.8 Å². The summed E-state index contributed by atoms with van der Waals surface area (Å²) in [7, 11) is 0. The molecule has 1 atom stereocenters. The Morgan fingerprint density at radius 1 is 1.31 bits per heavy atom. The molecule has 0 aliphatic heterocycles. The molecule has 1 aliphatic rings. The SMILES string of the molecule is CC(C)C1C=Cc2ccc(Cl)cc21. The standard InChI is InChI=1S/C12H13Cl/c1-8(2)11-6-4-9-3-5-10(13)7-12(9)11/h3-8,11H,1-2H3. The van der Waals surface area contributed by atoms with E-state index in [2.05, 4.69) is 38.1 Å². The van der Waals surface area contributed by atoms with Crippen LogP contribution >= 0.6 is 11.6 Å². The molecule has 1 aromatic rings. The van der Waals surface area contributed by atoms with E-state index in [9.17, 15) is 0 Å². The van der Waals surface area contributed by atoms with Crippen molar-refractivity contribution in [3.63, 3.8) is 0 Å². The summed E-state index contributed by atoms with van der Waals surface area (Å²) in [5, 5.41) is 0.841. The van der Waals surface area contributed by atoms with Crippen LogP contribution in [0.15, 0.2) is 24.3 Å². The zero-order chi connectivity index (χ0) is 9.42. The number of allylic oxidation sites excluding steroid dienone is 1. The van der Waals surface area contributed by atoms with Crippen LogP contribution in [0.4, 0.5) is 0 Å². The van der Waals surface area contributed by atoms with Gasteiger partial charge in [0.25, 0.3) is 0 Å². The highest BCUT2D eigenvalue weighted by Gasteiger charge is 2.19. The van der Waals surface area contributed by atoms with Crippen LogP contribution in [0.3, 0.4) is 0 Å². The maximum absolute atomic E-state index is 5.97. The number of fused-ring (bicyclic) bond motifs is 1. The first kappa shape index (κ1) is 8.83. The molecular formula is C12H13Cl. The van der Waals surface area contributed by atoms with Crippen LogP contribution in [0.5, 0.6) is 0 Å². The van der Waals surface area contributed by atoms with Crippen molar-refractivity contribution in [3.05, 3.63) is 40.4 Å². The van der Waals surface area contributed by atoms with E-state index in [1.807, 2.05) is 6.07 Å². The third kappa shape index (κ3) is 1.51. The summed E-state index contributed by atoms with van der Waals surface area (Å²) in [6.45, 7) is 4.48. The number of benzene rings is 1. The Balaban J connectivity index is 2.45. The molecule has 0 radical (unpaired) electrons. The Bertz CT molecular complexity index is 350. The second-order valence-electron chi connectivity index (χ2n) is 3.90. The van der Waals surface area contributed by atoms with Crippen LogP contribution in [0, 0.1) is 5.92 Å². The van der Waals surface area contributed by atoms with Gasteiger partial charge in [-0.3, -0.25) is 0 Å². The Labute approximate surface area is 84.2 Å². The lowest BCUT2D eigenvalue weighted by Crippen LogP contribution is -2.01. The van der Waals surface area contributed by atoms with Gasteiger partial charge in [0, 0.05) is 10.9 Å². The topological polar surface area (TPSA) is 0 Å². The van der Waals surface area contributed by atoms with Crippen molar-refractivity contribution in [2.75, 3.05) is 0 Å². The summed E-state index contributed by atoms with van der Waals surface area (Å²) in [5.74, 6) is 1.20. The van der Waals surface area contributed by atoms with Crippen LogP contribution in [0.25, 0.3) is 6.08 Å². The normalized spacial score (nSPS) is 19.5. The van der Waals surface area contributed by atoms with Gasteiger partial charge in [0.15, 0.2) is 0 Å². The second-order valence-corrected chi connectivity index (χ2v) is 4.34. The molecule has 2 rings (SSSR count). The zero-order valence-corrected chi connectivity index (χ0v) is 8.68. The number of rotatable bonds is 1. The van der Waals surface area contributed by atoms with Crippen LogP contribution in [0.2, 0.25) is 5.02 Å². The fraction of sp³-hybridized carbons (Fsp3) is 0.333. The molecule has 0 amide bonds. The molecule has 13 heavy (non-hydrogen) atoms. The third-order valence-electron chi connectivity index (χ3n) is 2.61. The zero-order valence-electron chi connectivity index (χ0n) is 7.92. The van der Waals surface area contributed by atoms with Gasteiger partial charge >= 0.3 is 0 Å². The highest BCUT2D eigenvalue weighted by Crippen LogP contribution is 2.36. The van der Waals surface area contributed by atoms with Gasteiger partial charge in [0.2, 0.25) is 0 Å². The first-order chi connectivity index (χ1) is 6.18. The Morgan fingerprint density at radius 3 is 2.77 bits per heavy atom. The summed E-state index contributed by atoms with van der Waals surface area (Å²) in [5.41, 5.74) is 2.70. The summed E-state index contributed by atoms with van der Waals surface area (Å²) in [6, 6.07) is 6.13. The minimum atomic E-state index is 0.550. The Hall–Kier alpha value is -0.750. The number of hydrogen-bond donors (Lipinski definition) is 0. The molecule has 0 saturated heterocycles. The van der Waals surface area contributed by atoms with Crippen LogP contribution in [0.1, 0.15) is 30.9 Å². The van der Waals surface area contributed by atoms with Crippen molar-refractivity contribution in [3.8, 4) is 0 Å². The van der Waals surface area contributed by atoms with E-state index in [-0.39, 0.29) is 0 Å². The highest BCUT2D eigenvalue weighted by molar-refractivity contribution is 6.30.